The lowest BCUT2D eigenvalue weighted by atomic mass is 9.99. The first-order chi connectivity index (χ1) is 32.3. The van der Waals surface area contributed by atoms with Gasteiger partial charge in [-0.1, -0.05) is 298 Å². The molecule has 0 aromatic rings. The summed E-state index contributed by atoms with van der Waals surface area (Å²) in [5, 5.41) is 0. The first-order valence-electron chi connectivity index (χ1n) is 29.8. The van der Waals surface area contributed by atoms with E-state index in [2.05, 4.69) is 34.6 Å². The van der Waals surface area contributed by atoms with Crippen LogP contribution in [0.1, 0.15) is 336 Å². The first kappa shape index (κ1) is 64.4. The Hall–Kier alpha value is -1.59. The lowest BCUT2D eigenvalue weighted by Crippen LogP contribution is -2.30. The van der Waals surface area contributed by atoms with Crippen LogP contribution in [0, 0.1) is 11.8 Å². The van der Waals surface area contributed by atoms with Gasteiger partial charge in [-0.3, -0.25) is 14.4 Å². The smallest absolute Gasteiger partial charge is 0.306 e. The fourth-order valence-electron chi connectivity index (χ4n) is 9.20. The lowest BCUT2D eigenvalue weighted by Gasteiger charge is -2.18. The van der Waals surface area contributed by atoms with Gasteiger partial charge in [0.25, 0.3) is 0 Å². The molecule has 0 N–H and O–H groups in total. The average molecular weight is 934 g/mol. The van der Waals surface area contributed by atoms with E-state index in [1.807, 2.05) is 0 Å². The van der Waals surface area contributed by atoms with Crippen molar-refractivity contribution >= 4 is 17.9 Å². The molecular weight excluding hydrogens is 817 g/mol. The van der Waals surface area contributed by atoms with Crippen molar-refractivity contribution in [1.29, 1.82) is 0 Å². The second kappa shape index (κ2) is 52.8. The van der Waals surface area contributed by atoms with Gasteiger partial charge in [0.1, 0.15) is 13.2 Å². The highest BCUT2D eigenvalue weighted by Crippen LogP contribution is 2.19. The Morgan fingerprint density at radius 3 is 0.864 bits per heavy atom. The maximum atomic E-state index is 12.9. The van der Waals surface area contributed by atoms with Gasteiger partial charge in [0.05, 0.1) is 0 Å². The molecule has 0 amide bonds. The highest BCUT2D eigenvalue weighted by molar-refractivity contribution is 5.71. The molecule has 0 rings (SSSR count). The van der Waals surface area contributed by atoms with Crippen molar-refractivity contribution in [3.8, 4) is 0 Å². The van der Waals surface area contributed by atoms with Crippen LogP contribution in [-0.2, 0) is 28.6 Å². The first-order valence-corrected chi connectivity index (χ1v) is 29.8. The Labute approximate surface area is 412 Å². The number of carbonyl (C=O) groups is 3. The molecule has 2 atom stereocenters. The van der Waals surface area contributed by atoms with Gasteiger partial charge >= 0.3 is 17.9 Å². The number of rotatable bonds is 54. The van der Waals surface area contributed by atoms with E-state index < -0.39 is 6.10 Å². The van der Waals surface area contributed by atoms with Gasteiger partial charge in [-0.2, -0.15) is 0 Å². The minimum Gasteiger partial charge on any atom is -0.462 e. The molecule has 0 bridgehead atoms. The van der Waals surface area contributed by atoms with Crippen LogP contribution in [0.25, 0.3) is 0 Å². The van der Waals surface area contributed by atoms with Crippen molar-refractivity contribution in [2.75, 3.05) is 13.2 Å². The summed E-state index contributed by atoms with van der Waals surface area (Å²) in [4.78, 5) is 38.2. The molecule has 0 aliphatic heterocycles. The van der Waals surface area contributed by atoms with Crippen LogP contribution in [0.5, 0.6) is 0 Å². The van der Waals surface area contributed by atoms with Gasteiger partial charge < -0.3 is 14.2 Å². The predicted octanol–water partition coefficient (Wildman–Crippen LogP) is 19.7. The van der Waals surface area contributed by atoms with Crippen molar-refractivity contribution in [2.45, 2.75) is 343 Å². The van der Waals surface area contributed by atoms with E-state index in [1.165, 1.54) is 225 Å². The molecule has 0 heterocycles. The Kier molecular flexibility index (Phi) is 51.5. The minimum absolute atomic E-state index is 0.0625. The zero-order chi connectivity index (χ0) is 48.2. The van der Waals surface area contributed by atoms with Crippen LogP contribution in [0.3, 0.4) is 0 Å². The molecule has 0 aliphatic carbocycles. The summed E-state index contributed by atoms with van der Waals surface area (Å²) in [6.07, 6.45) is 56.6. The molecular formula is C60H116O6. The van der Waals surface area contributed by atoms with Crippen LogP contribution >= 0.6 is 0 Å². The fourth-order valence-corrected chi connectivity index (χ4v) is 9.20. The highest BCUT2D eigenvalue weighted by atomic mass is 16.6. The molecule has 0 aromatic heterocycles. The maximum absolute atomic E-state index is 12.9. The van der Waals surface area contributed by atoms with E-state index in [0.29, 0.717) is 19.3 Å². The van der Waals surface area contributed by atoms with Crippen molar-refractivity contribution < 1.29 is 28.6 Å². The quantitative estimate of drug-likeness (QED) is 0.0343. The number of esters is 3. The molecule has 1 unspecified atom stereocenters. The molecule has 66 heavy (non-hydrogen) atoms. The van der Waals surface area contributed by atoms with E-state index in [0.717, 1.165) is 69.6 Å². The van der Waals surface area contributed by atoms with E-state index >= 15 is 0 Å². The van der Waals surface area contributed by atoms with Crippen LogP contribution in [0.4, 0.5) is 0 Å². The normalized spacial score (nSPS) is 12.5. The second-order valence-electron chi connectivity index (χ2n) is 21.4. The van der Waals surface area contributed by atoms with Gasteiger partial charge in [-0.25, -0.2) is 0 Å². The van der Waals surface area contributed by atoms with E-state index in [9.17, 15) is 14.4 Å². The number of carbonyl (C=O) groups excluding carboxylic acids is 3. The second-order valence-corrected chi connectivity index (χ2v) is 21.4. The largest absolute Gasteiger partial charge is 0.462 e. The topological polar surface area (TPSA) is 78.9 Å². The monoisotopic (exact) mass is 933 g/mol. The zero-order valence-electron chi connectivity index (χ0n) is 45.3. The number of unbranched alkanes of at least 4 members (excludes halogenated alkanes) is 38. The van der Waals surface area contributed by atoms with E-state index in [1.54, 1.807) is 0 Å². The van der Waals surface area contributed by atoms with Gasteiger partial charge in [0.15, 0.2) is 6.10 Å². The summed E-state index contributed by atoms with van der Waals surface area (Å²) in [7, 11) is 0. The molecule has 0 saturated heterocycles. The van der Waals surface area contributed by atoms with Gasteiger partial charge in [-0.05, 0) is 31.1 Å². The summed E-state index contributed by atoms with van der Waals surface area (Å²) in [5.74, 6) is 0.876. The summed E-state index contributed by atoms with van der Waals surface area (Å²) in [6.45, 7) is 11.4. The van der Waals surface area contributed by atoms with Crippen LogP contribution in [0.15, 0.2) is 0 Å². The predicted molar refractivity (Wildman–Crippen MR) is 284 cm³/mol. The van der Waals surface area contributed by atoms with Gasteiger partial charge in [0, 0.05) is 19.3 Å². The van der Waals surface area contributed by atoms with Gasteiger partial charge in [0.2, 0.25) is 0 Å². The average Bonchev–Trinajstić information content (AvgIpc) is 3.30. The van der Waals surface area contributed by atoms with Crippen molar-refractivity contribution in [3.63, 3.8) is 0 Å². The van der Waals surface area contributed by atoms with Crippen molar-refractivity contribution in [3.05, 3.63) is 0 Å². The van der Waals surface area contributed by atoms with E-state index in [-0.39, 0.29) is 31.1 Å². The summed E-state index contributed by atoms with van der Waals surface area (Å²) in [5.41, 5.74) is 0. The van der Waals surface area contributed by atoms with E-state index in [4.69, 9.17) is 14.2 Å². The fraction of sp³-hybridized carbons (Fsp3) is 0.950. The van der Waals surface area contributed by atoms with Gasteiger partial charge in [-0.15, -0.1) is 0 Å². The lowest BCUT2D eigenvalue weighted by molar-refractivity contribution is -0.167. The summed E-state index contributed by atoms with van der Waals surface area (Å²) >= 11 is 0. The third-order valence-corrected chi connectivity index (χ3v) is 14.1. The number of hydrogen-bond acceptors (Lipinski definition) is 6. The van der Waals surface area contributed by atoms with Crippen LogP contribution in [0.2, 0.25) is 0 Å². The number of ether oxygens (including phenoxy) is 3. The summed E-state index contributed by atoms with van der Waals surface area (Å²) < 4.78 is 16.9. The Balaban J connectivity index is 4.30. The Bertz CT molecular complexity index is 1010. The summed E-state index contributed by atoms with van der Waals surface area (Å²) in [6, 6.07) is 0. The maximum Gasteiger partial charge on any atom is 0.306 e. The third-order valence-electron chi connectivity index (χ3n) is 14.1. The Morgan fingerprint density at radius 2 is 0.576 bits per heavy atom. The molecule has 0 saturated carbocycles. The molecule has 6 heteroatoms. The number of hydrogen-bond donors (Lipinski definition) is 0. The standard InChI is InChI=1S/C60H116O6/c1-6-8-9-10-11-12-13-14-15-16-17-21-24-30-35-40-45-50-58(61)64-53-57(54-65-59(62)51-46-41-36-31-27-26-29-34-39-44-49-56(5)7-2)66-60(63)52-47-42-37-32-25-22-19-18-20-23-28-33-38-43-48-55(3)4/h55-57H,6-54H2,1-5H3/t56?,57-/m0/s1. The molecule has 0 fully saturated rings. The minimum atomic E-state index is -0.763. The highest BCUT2D eigenvalue weighted by Gasteiger charge is 2.19. The van der Waals surface area contributed by atoms with Crippen molar-refractivity contribution in [1.82, 2.24) is 0 Å². The molecule has 0 spiro atoms. The molecule has 0 aromatic carbocycles. The SMILES string of the molecule is CCCCCCCCCCCCCCCCCCCC(=O)OC[C@@H](COC(=O)CCCCCCCCCCCCC(C)CC)OC(=O)CCCCCCCCCCCCCCCCC(C)C. The zero-order valence-corrected chi connectivity index (χ0v) is 45.3. The molecule has 6 nitrogen and oxygen atoms in total. The van der Waals surface area contributed by atoms with Crippen LogP contribution < -0.4 is 0 Å². The van der Waals surface area contributed by atoms with Crippen LogP contribution in [-0.4, -0.2) is 37.2 Å². The molecule has 392 valence electrons. The molecule has 0 radical (unpaired) electrons. The van der Waals surface area contributed by atoms with Crippen molar-refractivity contribution in [2.24, 2.45) is 11.8 Å². The Morgan fingerprint density at radius 1 is 0.318 bits per heavy atom. The third kappa shape index (κ3) is 51.8. The molecule has 0 aliphatic rings.